The van der Waals surface area contributed by atoms with Crippen molar-refractivity contribution >= 4 is 23.2 Å². The lowest BCUT2D eigenvalue weighted by atomic mass is 10.2. The lowest BCUT2D eigenvalue weighted by Crippen LogP contribution is -2.34. The summed E-state index contributed by atoms with van der Waals surface area (Å²) in [5.74, 6) is 0.346. The third-order valence-corrected chi connectivity index (χ3v) is 4.27. The Hall–Kier alpha value is -2.41. The number of nitrogens with one attached hydrogen (secondary N) is 2. The molecule has 1 aromatic heterocycles. The zero-order valence-electron chi connectivity index (χ0n) is 13.1. The summed E-state index contributed by atoms with van der Waals surface area (Å²) in [6, 6.07) is 6.84. The molecule has 0 spiro atoms. The topological polar surface area (TPSA) is 80.3 Å². The van der Waals surface area contributed by atoms with Crippen molar-refractivity contribution in [3.63, 3.8) is 0 Å². The molecule has 7 heteroatoms. The van der Waals surface area contributed by atoms with Crippen LogP contribution >= 0.6 is 11.3 Å². The number of aryl methyl sites for hydroxylation is 1. The standard InChI is InChI=1S/C16H19N3O3S/c1-3-14-19-10-13(23-14)16(21)18-9-8-17-15(20)11-4-6-12(22-2)7-5-11/h4-7,10H,3,8-9H2,1-2H3,(H,17,20)(H,18,21). The summed E-state index contributed by atoms with van der Waals surface area (Å²) in [7, 11) is 1.57. The SMILES string of the molecule is CCc1ncc(C(=O)NCCNC(=O)c2ccc(OC)cc2)s1. The second-order valence-corrected chi connectivity index (χ2v) is 5.83. The number of nitrogens with zero attached hydrogens (tertiary/aromatic N) is 1. The number of hydrogen-bond acceptors (Lipinski definition) is 5. The second kappa shape index (κ2) is 8.28. The molecule has 1 heterocycles. The van der Waals surface area contributed by atoms with Crippen LogP contribution in [0.4, 0.5) is 0 Å². The molecule has 0 saturated carbocycles. The molecule has 0 fully saturated rings. The molecule has 2 N–H and O–H groups in total. The number of ether oxygens (including phenoxy) is 1. The number of rotatable bonds is 7. The van der Waals surface area contributed by atoms with Gasteiger partial charge < -0.3 is 15.4 Å². The number of hydrogen-bond donors (Lipinski definition) is 2. The van der Waals surface area contributed by atoms with Gasteiger partial charge in [-0.1, -0.05) is 6.92 Å². The zero-order valence-corrected chi connectivity index (χ0v) is 13.9. The quantitative estimate of drug-likeness (QED) is 0.758. The maximum absolute atomic E-state index is 11.9. The number of thiazole rings is 1. The van der Waals surface area contributed by atoms with Gasteiger partial charge in [0.1, 0.15) is 10.6 Å². The van der Waals surface area contributed by atoms with Gasteiger partial charge in [-0.15, -0.1) is 11.3 Å². The number of benzene rings is 1. The average molecular weight is 333 g/mol. The highest BCUT2D eigenvalue weighted by atomic mass is 32.1. The Bertz CT molecular complexity index is 667. The van der Waals surface area contributed by atoms with E-state index in [2.05, 4.69) is 15.6 Å². The molecule has 0 saturated heterocycles. The summed E-state index contributed by atoms with van der Waals surface area (Å²) in [5, 5.41) is 6.44. The van der Waals surface area contributed by atoms with Crippen molar-refractivity contribution in [2.75, 3.05) is 20.2 Å². The predicted octanol–water partition coefficient (Wildman–Crippen LogP) is 1.87. The van der Waals surface area contributed by atoms with E-state index < -0.39 is 0 Å². The fraction of sp³-hybridized carbons (Fsp3) is 0.312. The number of aromatic nitrogens is 1. The maximum Gasteiger partial charge on any atom is 0.263 e. The van der Waals surface area contributed by atoms with E-state index in [1.807, 2.05) is 6.92 Å². The number of carbonyl (C=O) groups excluding carboxylic acids is 2. The Morgan fingerprint density at radius 2 is 1.78 bits per heavy atom. The highest BCUT2D eigenvalue weighted by Crippen LogP contribution is 2.13. The van der Waals surface area contributed by atoms with E-state index in [0.717, 1.165) is 11.4 Å². The fourth-order valence-electron chi connectivity index (χ4n) is 1.86. The number of methoxy groups -OCH3 is 1. The van der Waals surface area contributed by atoms with Crippen LogP contribution in [-0.2, 0) is 6.42 Å². The molecule has 0 aliphatic rings. The van der Waals surface area contributed by atoms with Crippen LogP contribution in [0.1, 0.15) is 32.0 Å². The van der Waals surface area contributed by atoms with Crippen molar-refractivity contribution in [1.82, 2.24) is 15.6 Å². The van der Waals surface area contributed by atoms with Gasteiger partial charge in [0.15, 0.2) is 0 Å². The molecular weight excluding hydrogens is 314 g/mol. The summed E-state index contributed by atoms with van der Waals surface area (Å²) in [6.45, 7) is 2.71. The van der Waals surface area contributed by atoms with E-state index >= 15 is 0 Å². The van der Waals surface area contributed by atoms with E-state index in [1.54, 1.807) is 37.6 Å². The van der Waals surface area contributed by atoms with Crippen LogP contribution in [-0.4, -0.2) is 37.0 Å². The van der Waals surface area contributed by atoms with Gasteiger partial charge in [-0.05, 0) is 30.7 Å². The number of amides is 2. The second-order valence-electron chi connectivity index (χ2n) is 4.71. The zero-order chi connectivity index (χ0) is 16.7. The van der Waals surface area contributed by atoms with E-state index in [0.29, 0.717) is 29.3 Å². The highest BCUT2D eigenvalue weighted by Gasteiger charge is 2.09. The van der Waals surface area contributed by atoms with Crippen LogP contribution < -0.4 is 15.4 Å². The lowest BCUT2D eigenvalue weighted by Gasteiger charge is -2.07. The van der Waals surface area contributed by atoms with Crippen molar-refractivity contribution in [2.24, 2.45) is 0 Å². The normalized spacial score (nSPS) is 10.2. The monoisotopic (exact) mass is 333 g/mol. The van der Waals surface area contributed by atoms with Crippen molar-refractivity contribution in [3.8, 4) is 5.75 Å². The van der Waals surface area contributed by atoms with Crippen molar-refractivity contribution in [3.05, 3.63) is 45.9 Å². The Kier molecular flexibility index (Phi) is 6.10. The fourth-order valence-corrected chi connectivity index (χ4v) is 2.64. The molecule has 2 rings (SSSR count). The Morgan fingerprint density at radius 3 is 2.35 bits per heavy atom. The Balaban J connectivity index is 1.73. The van der Waals surface area contributed by atoms with Gasteiger partial charge in [0.05, 0.1) is 18.3 Å². The Morgan fingerprint density at radius 1 is 1.13 bits per heavy atom. The predicted molar refractivity (Wildman–Crippen MR) is 89.2 cm³/mol. The molecule has 122 valence electrons. The lowest BCUT2D eigenvalue weighted by molar-refractivity contribution is 0.0929. The first-order valence-corrected chi connectivity index (χ1v) is 8.10. The minimum absolute atomic E-state index is 0.166. The van der Waals surface area contributed by atoms with E-state index in [1.165, 1.54) is 11.3 Å². The van der Waals surface area contributed by atoms with Crippen LogP contribution in [0, 0.1) is 0 Å². The molecule has 0 radical (unpaired) electrons. The summed E-state index contributed by atoms with van der Waals surface area (Å²) in [5.41, 5.74) is 0.548. The summed E-state index contributed by atoms with van der Waals surface area (Å²) in [4.78, 5) is 28.6. The van der Waals surface area contributed by atoms with E-state index in [4.69, 9.17) is 4.74 Å². The Labute approximate surface area is 138 Å². The molecule has 2 aromatic rings. The minimum atomic E-state index is -0.187. The molecule has 0 unspecified atom stereocenters. The van der Waals surface area contributed by atoms with Gasteiger partial charge in [0, 0.05) is 18.7 Å². The van der Waals surface area contributed by atoms with Gasteiger partial charge in [0.2, 0.25) is 0 Å². The maximum atomic E-state index is 11.9. The van der Waals surface area contributed by atoms with Gasteiger partial charge >= 0.3 is 0 Å². The molecular formula is C16H19N3O3S. The first kappa shape index (κ1) is 17.0. The van der Waals surface area contributed by atoms with Gasteiger partial charge in [0.25, 0.3) is 11.8 Å². The highest BCUT2D eigenvalue weighted by molar-refractivity contribution is 7.13. The third kappa shape index (κ3) is 4.79. The van der Waals surface area contributed by atoms with Crippen LogP contribution in [0.3, 0.4) is 0 Å². The van der Waals surface area contributed by atoms with Crippen molar-refractivity contribution in [2.45, 2.75) is 13.3 Å². The molecule has 2 amide bonds. The van der Waals surface area contributed by atoms with E-state index in [9.17, 15) is 9.59 Å². The molecule has 0 atom stereocenters. The molecule has 23 heavy (non-hydrogen) atoms. The van der Waals surface area contributed by atoms with Crippen LogP contribution in [0.2, 0.25) is 0 Å². The summed E-state index contributed by atoms with van der Waals surface area (Å²) < 4.78 is 5.04. The van der Waals surface area contributed by atoms with Gasteiger partial charge in [-0.25, -0.2) is 4.98 Å². The summed E-state index contributed by atoms with van der Waals surface area (Å²) >= 11 is 1.38. The van der Waals surface area contributed by atoms with Crippen LogP contribution in [0.5, 0.6) is 5.75 Å². The van der Waals surface area contributed by atoms with E-state index in [-0.39, 0.29) is 11.8 Å². The molecule has 0 aliphatic heterocycles. The van der Waals surface area contributed by atoms with Crippen LogP contribution in [0.25, 0.3) is 0 Å². The third-order valence-electron chi connectivity index (χ3n) is 3.13. The van der Waals surface area contributed by atoms with Crippen LogP contribution in [0.15, 0.2) is 30.5 Å². The molecule has 1 aromatic carbocycles. The van der Waals surface area contributed by atoms with Crippen molar-refractivity contribution < 1.29 is 14.3 Å². The smallest absolute Gasteiger partial charge is 0.263 e. The average Bonchev–Trinajstić information content (AvgIpc) is 3.07. The largest absolute Gasteiger partial charge is 0.497 e. The first-order valence-electron chi connectivity index (χ1n) is 7.29. The van der Waals surface area contributed by atoms with Gasteiger partial charge in [-0.3, -0.25) is 9.59 Å². The minimum Gasteiger partial charge on any atom is -0.497 e. The summed E-state index contributed by atoms with van der Waals surface area (Å²) in [6.07, 6.45) is 2.39. The van der Waals surface area contributed by atoms with Crippen molar-refractivity contribution in [1.29, 1.82) is 0 Å². The number of carbonyl (C=O) groups is 2. The molecule has 6 nitrogen and oxygen atoms in total. The van der Waals surface area contributed by atoms with Gasteiger partial charge in [-0.2, -0.15) is 0 Å². The molecule has 0 bridgehead atoms. The molecule has 0 aliphatic carbocycles. The first-order chi connectivity index (χ1) is 11.1.